The summed E-state index contributed by atoms with van der Waals surface area (Å²) in [6, 6.07) is 4.87. The number of nitrogens with one attached hydrogen (secondary N) is 3. The van der Waals surface area contributed by atoms with Crippen molar-refractivity contribution in [3.05, 3.63) is 35.8 Å². The Morgan fingerprint density at radius 3 is 2.97 bits per heavy atom. The first-order valence-electron chi connectivity index (χ1n) is 10.8. The van der Waals surface area contributed by atoms with E-state index in [1.807, 2.05) is 6.20 Å². The highest BCUT2D eigenvalue weighted by Gasteiger charge is 2.11. The fraction of sp³-hybridized carbons (Fsp3) is 0.591. The van der Waals surface area contributed by atoms with E-state index in [0.717, 1.165) is 74.5 Å². The van der Waals surface area contributed by atoms with Gasteiger partial charge in [0.15, 0.2) is 5.96 Å². The van der Waals surface area contributed by atoms with E-state index in [9.17, 15) is 4.39 Å². The van der Waals surface area contributed by atoms with Crippen LogP contribution < -0.4 is 10.6 Å². The summed E-state index contributed by atoms with van der Waals surface area (Å²) in [4.78, 5) is 12.9. The Morgan fingerprint density at radius 1 is 1.21 bits per heavy atom. The molecule has 0 amide bonds. The smallest absolute Gasteiger partial charge is 0.191 e. The lowest BCUT2D eigenvalue weighted by molar-refractivity contribution is 0.275. The van der Waals surface area contributed by atoms with Crippen LogP contribution in [0.2, 0.25) is 0 Å². The first-order valence-corrected chi connectivity index (χ1v) is 10.8. The Kier molecular flexibility index (Phi) is 8.31. The monoisotopic (exact) mass is 402 g/mol. The van der Waals surface area contributed by atoms with Gasteiger partial charge in [0, 0.05) is 49.8 Å². The number of hydrogen-bond acceptors (Lipinski definition) is 3. The zero-order valence-corrected chi connectivity index (χ0v) is 17.8. The molecule has 1 saturated heterocycles. The van der Waals surface area contributed by atoms with Gasteiger partial charge in [0.25, 0.3) is 0 Å². The molecule has 1 aromatic carbocycles. The molecule has 0 saturated carbocycles. The predicted molar refractivity (Wildman–Crippen MR) is 119 cm³/mol. The third-order valence-electron chi connectivity index (χ3n) is 5.47. The number of benzene rings is 1. The molecule has 160 valence electrons. The number of aromatic nitrogens is 1. The van der Waals surface area contributed by atoms with Crippen LogP contribution in [-0.2, 0) is 6.42 Å². The largest absolute Gasteiger partial charge is 0.361 e. The standard InChI is InChI=1S/C22H35FN6/c1-3-24-22(25-9-4-12-29-13-5-11-28(2)14-15-29)26-10-8-18-17-27-21-7-6-19(23)16-20(18)21/h6-7,16-17,27H,3-5,8-15H2,1-2H3,(H2,24,25,26). The molecule has 2 heterocycles. The van der Waals surface area contributed by atoms with Crippen LogP contribution in [0.15, 0.2) is 29.4 Å². The van der Waals surface area contributed by atoms with Gasteiger partial charge in [0.2, 0.25) is 0 Å². The van der Waals surface area contributed by atoms with E-state index in [1.165, 1.54) is 25.6 Å². The maximum atomic E-state index is 13.5. The van der Waals surface area contributed by atoms with Crippen LogP contribution in [0.4, 0.5) is 4.39 Å². The second-order valence-electron chi connectivity index (χ2n) is 7.79. The summed E-state index contributed by atoms with van der Waals surface area (Å²) < 4.78 is 13.5. The van der Waals surface area contributed by atoms with Crippen LogP contribution in [0.25, 0.3) is 10.9 Å². The molecule has 29 heavy (non-hydrogen) atoms. The molecule has 3 N–H and O–H groups in total. The zero-order chi connectivity index (χ0) is 20.5. The zero-order valence-electron chi connectivity index (χ0n) is 17.8. The van der Waals surface area contributed by atoms with Gasteiger partial charge in [-0.15, -0.1) is 0 Å². The lowest BCUT2D eigenvalue weighted by Gasteiger charge is -2.19. The van der Waals surface area contributed by atoms with Crippen molar-refractivity contribution < 1.29 is 4.39 Å². The van der Waals surface area contributed by atoms with Crippen molar-refractivity contribution in [2.45, 2.75) is 26.2 Å². The Bertz CT molecular complexity index is 787. The number of aromatic amines is 1. The van der Waals surface area contributed by atoms with Crippen molar-refractivity contribution in [3.8, 4) is 0 Å². The van der Waals surface area contributed by atoms with Crippen LogP contribution in [0, 0.1) is 5.82 Å². The third-order valence-corrected chi connectivity index (χ3v) is 5.47. The molecule has 0 radical (unpaired) electrons. The van der Waals surface area contributed by atoms with Gasteiger partial charge in [-0.25, -0.2) is 4.39 Å². The molecule has 6 nitrogen and oxygen atoms in total. The van der Waals surface area contributed by atoms with E-state index in [2.05, 4.69) is 39.4 Å². The second kappa shape index (κ2) is 11.2. The molecule has 1 aliphatic heterocycles. The first kappa shape index (κ1) is 21.6. The molecule has 0 aliphatic carbocycles. The van der Waals surface area contributed by atoms with Gasteiger partial charge in [0.1, 0.15) is 5.82 Å². The van der Waals surface area contributed by atoms with Gasteiger partial charge < -0.3 is 25.4 Å². The molecule has 0 unspecified atom stereocenters. The van der Waals surface area contributed by atoms with Gasteiger partial charge in [-0.2, -0.15) is 0 Å². The molecule has 2 aromatic rings. The van der Waals surface area contributed by atoms with E-state index in [0.29, 0.717) is 0 Å². The van der Waals surface area contributed by atoms with Crippen LogP contribution in [0.1, 0.15) is 25.3 Å². The fourth-order valence-corrected chi connectivity index (χ4v) is 3.82. The van der Waals surface area contributed by atoms with Gasteiger partial charge in [0.05, 0.1) is 0 Å². The fourth-order valence-electron chi connectivity index (χ4n) is 3.82. The third kappa shape index (κ3) is 6.72. The van der Waals surface area contributed by atoms with Gasteiger partial charge >= 0.3 is 0 Å². The Balaban J connectivity index is 1.43. The summed E-state index contributed by atoms with van der Waals surface area (Å²) in [6.45, 7) is 10.3. The number of H-pyrrole nitrogens is 1. The molecular weight excluding hydrogens is 367 g/mol. The van der Waals surface area contributed by atoms with E-state index < -0.39 is 0 Å². The number of halogens is 1. The summed E-state index contributed by atoms with van der Waals surface area (Å²) in [5.41, 5.74) is 2.09. The summed E-state index contributed by atoms with van der Waals surface area (Å²) in [5.74, 6) is 0.659. The van der Waals surface area contributed by atoms with Crippen molar-refractivity contribution in [1.29, 1.82) is 0 Å². The summed E-state index contributed by atoms with van der Waals surface area (Å²) >= 11 is 0. The molecule has 0 atom stereocenters. The Morgan fingerprint density at radius 2 is 2.10 bits per heavy atom. The molecule has 0 spiro atoms. The minimum absolute atomic E-state index is 0.197. The number of aliphatic imine (C=N–C) groups is 1. The maximum absolute atomic E-state index is 13.5. The highest BCUT2D eigenvalue weighted by Crippen LogP contribution is 2.19. The van der Waals surface area contributed by atoms with Crippen LogP contribution in [0.3, 0.4) is 0 Å². The van der Waals surface area contributed by atoms with Crippen LogP contribution >= 0.6 is 0 Å². The minimum Gasteiger partial charge on any atom is -0.361 e. The predicted octanol–water partition coefficient (Wildman–Crippen LogP) is 2.43. The molecule has 3 rings (SSSR count). The minimum atomic E-state index is -0.197. The SMILES string of the molecule is CCNC(=NCCCN1CCCN(C)CC1)NCCc1c[nH]c2ccc(F)cc12. The number of nitrogens with zero attached hydrogens (tertiary/aromatic N) is 3. The van der Waals surface area contributed by atoms with Crippen molar-refractivity contribution in [1.82, 2.24) is 25.4 Å². The lowest BCUT2D eigenvalue weighted by atomic mass is 10.1. The highest BCUT2D eigenvalue weighted by molar-refractivity contribution is 5.83. The second-order valence-corrected chi connectivity index (χ2v) is 7.79. The van der Waals surface area contributed by atoms with Gasteiger partial charge in [-0.05, 0) is 76.6 Å². The van der Waals surface area contributed by atoms with Crippen LogP contribution in [0.5, 0.6) is 0 Å². The van der Waals surface area contributed by atoms with E-state index in [-0.39, 0.29) is 5.82 Å². The van der Waals surface area contributed by atoms with E-state index in [4.69, 9.17) is 4.99 Å². The van der Waals surface area contributed by atoms with Crippen molar-refractivity contribution in [3.63, 3.8) is 0 Å². The Labute approximate surface area is 173 Å². The topological polar surface area (TPSA) is 58.7 Å². The molecule has 1 fully saturated rings. The maximum Gasteiger partial charge on any atom is 0.191 e. The summed E-state index contributed by atoms with van der Waals surface area (Å²) in [7, 11) is 2.20. The number of hydrogen-bond donors (Lipinski definition) is 3. The molecular formula is C22H35FN6. The lowest BCUT2D eigenvalue weighted by Crippen LogP contribution is -2.38. The van der Waals surface area contributed by atoms with E-state index in [1.54, 1.807) is 12.1 Å². The molecule has 1 aliphatic rings. The highest BCUT2D eigenvalue weighted by atomic mass is 19.1. The average Bonchev–Trinajstić information content (AvgIpc) is 2.98. The van der Waals surface area contributed by atoms with Gasteiger partial charge in [-0.1, -0.05) is 0 Å². The van der Waals surface area contributed by atoms with Gasteiger partial charge in [-0.3, -0.25) is 4.99 Å². The molecule has 7 heteroatoms. The van der Waals surface area contributed by atoms with Crippen molar-refractivity contribution in [2.75, 3.05) is 59.4 Å². The quantitative estimate of drug-likeness (QED) is 0.361. The number of fused-ring (bicyclic) bond motifs is 1. The summed E-state index contributed by atoms with van der Waals surface area (Å²) in [5, 5.41) is 7.67. The normalized spacial score (nSPS) is 16.9. The average molecular weight is 403 g/mol. The van der Waals surface area contributed by atoms with Crippen molar-refractivity contribution >= 4 is 16.9 Å². The Hall–Kier alpha value is -2.12. The molecule has 0 bridgehead atoms. The summed E-state index contributed by atoms with van der Waals surface area (Å²) in [6.07, 6.45) is 5.10. The van der Waals surface area contributed by atoms with E-state index >= 15 is 0 Å². The number of likely N-dealkylation sites (N-methyl/N-ethyl adjacent to an activating group) is 1. The molecule has 1 aromatic heterocycles. The first-order chi connectivity index (χ1) is 14.2. The number of rotatable bonds is 8. The van der Waals surface area contributed by atoms with Crippen molar-refractivity contribution in [2.24, 2.45) is 4.99 Å². The van der Waals surface area contributed by atoms with Crippen LogP contribution in [-0.4, -0.2) is 80.1 Å². The number of guanidine groups is 1.